The molecule has 0 saturated heterocycles. The third kappa shape index (κ3) is 5.65. The average molecular weight is 410 g/mol. The highest BCUT2D eigenvalue weighted by Gasteiger charge is 2.45. The quantitative estimate of drug-likeness (QED) is 0.370. The van der Waals surface area contributed by atoms with E-state index in [0.29, 0.717) is 13.2 Å². The summed E-state index contributed by atoms with van der Waals surface area (Å²) in [6.07, 6.45) is 5.79. The lowest BCUT2D eigenvalue weighted by Crippen LogP contribution is -2.51. The van der Waals surface area contributed by atoms with Crippen LogP contribution in [0.5, 0.6) is 5.75 Å². The summed E-state index contributed by atoms with van der Waals surface area (Å²) < 4.78 is 19.0. The molecule has 0 radical (unpaired) electrons. The van der Waals surface area contributed by atoms with Gasteiger partial charge in [-0.1, -0.05) is 55.8 Å². The number of ether oxygens (including phenoxy) is 3. The standard InChI is InChI=1S/C26H35NO3/c1-5-7-16-28-24-22-18-21(27-19-20-12-10-9-11-13-20)14-15-23(22)30-26(3,4)25(24)29-17-8-6-2/h6,8-15,18,24-25,27H,5,7,16-17,19H2,1-4H3. The molecule has 0 spiro atoms. The maximum atomic E-state index is 6.39. The van der Waals surface area contributed by atoms with Crippen LogP contribution in [0.3, 0.4) is 0 Å². The van der Waals surface area contributed by atoms with Gasteiger partial charge in [0, 0.05) is 24.4 Å². The van der Waals surface area contributed by atoms with E-state index >= 15 is 0 Å². The predicted molar refractivity (Wildman–Crippen MR) is 123 cm³/mol. The Hall–Kier alpha value is -2.30. The monoisotopic (exact) mass is 409 g/mol. The maximum Gasteiger partial charge on any atom is 0.132 e. The van der Waals surface area contributed by atoms with Crippen LogP contribution >= 0.6 is 0 Å². The molecule has 3 rings (SSSR count). The van der Waals surface area contributed by atoms with E-state index in [2.05, 4.69) is 62.5 Å². The first-order chi connectivity index (χ1) is 14.5. The van der Waals surface area contributed by atoms with E-state index in [1.54, 1.807) is 0 Å². The molecule has 4 nitrogen and oxygen atoms in total. The van der Waals surface area contributed by atoms with Crippen LogP contribution in [0.25, 0.3) is 0 Å². The molecule has 2 atom stereocenters. The number of hydrogen-bond acceptors (Lipinski definition) is 4. The van der Waals surface area contributed by atoms with Gasteiger partial charge >= 0.3 is 0 Å². The Bertz CT molecular complexity index is 816. The number of hydrogen-bond donors (Lipinski definition) is 1. The molecule has 30 heavy (non-hydrogen) atoms. The summed E-state index contributed by atoms with van der Waals surface area (Å²) >= 11 is 0. The molecule has 4 heteroatoms. The van der Waals surface area contributed by atoms with Crippen LogP contribution in [-0.2, 0) is 16.0 Å². The number of anilines is 1. The van der Waals surface area contributed by atoms with E-state index in [9.17, 15) is 0 Å². The summed E-state index contributed by atoms with van der Waals surface area (Å²) in [5, 5.41) is 3.52. The first kappa shape index (κ1) is 22.4. The van der Waals surface area contributed by atoms with Crippen molar-refractivity contribution in [3.05, 3.63) is 71.8 Å². The lowest BCUT2D eigenvalue weighted by atomic mass is 9.87. The van der Waals surface area contributed by atoms with Crippen molar-refractivity contribution >= 4 is 5.69 Å². The first-order valence-electron chi connectivity index (χ1n) is 11.0. The van der Waals surface area contributed by atoms with E-state index < -0.39 is 5.60 Å². The molecule has 1 N–H and O–H groups in total. The van der Waals surface area contributed by atoms with E-state index in [0.717, 1.165) is 36.4 Å². The predicted octanol–water partition coefficient (Wildman–Crippen LogP) is 6.29. The number of rotatable bonds is 10. The zero-order chi connectivity index (χ0) is 21.4. The van der Waals surface area contributed by atoms with Gasteiger partial charge in [0.1, 0.15) is 23.6 Å². The van der Waals surface area contributed by atoms with E-state index in [4.69, 9.17) is 14.2 Å². The third-order valence-corrected chi connectivity index (χ3v) is 5.39. The molecule has 0 fully saturated rings. The van der Waals surface area contributed by atoms with Crippen molar-refractivity contribution in [2.45, 2.75) is 64.9 Å². The molecule has 0 aromatic heterocycles. The second-order valence-electron chi connectivity index (χ2n) is 8.27. The third-order valence-electron chi connectivity index (χ3n) is 5.39. The zero-order valence-corrected chi connectivity index (χ0v) is 18.7. The molecule has 0 amide bonds. The van der Waals surface area contributed by atoms with Crippen molar-refractivity contribution in [3.8, 4) is 5.75 Å². The highest BCUT2D eigenvalue weighted by atomic mass is 16.6. The van der Waals surface area contributed by atoms with Gasteiger partial charge in [-0.25, -0.2) is 0 Å². The summed E-state index contributed by atoms with van der Waals surface area (Å²) in [5.41, 5.74) is 2.87. The number of unbranched alkanes of at least 4 members (excludes halogenated alkanes) is 1. The van der Waals surface area contributed by atoms with Crippen LogP contribution in [0.2, 0.25) is 0 Å². The largest absolute Gasteiger partial charge is 0.485 e. The fourth-order valence-corrected chi connectivity index (χ4v) is 3.72. The van der Waals surface area contributed by atoms with Gasteiger partial charge in [0.05, 0.1) is 6.61 Å². The number of benzene rings is 2. The lowest BCUT2D eigenvalue weighted by molar-refractivity contribution is -0.157. The summed E-state index contributed by atoms with van der Waals surface area (Å²) in [6.45, 7) is 10.4. The van der Waals surface area contributed by atoms with Crippen molar-refractivity contribution in [2.24, 2.45) is 0 Å². The molecule has 1 heterocycles. The molecule has 2 aromatic rings. The normalized spacial score (nSPS) is 20.0. The molecule has 0 bridgehead atoms. The summed E-state index contributed by atoms with van der Waals surface area (Å²) in [5.74, 6) is 0.873. The fourth-order valence-electron chi connectivity index (χ4n) is 3.72. The molecule has 2 aromatic carbocycles. The highest BCUT2D eigenvalue weighted by molar-refractivity contribution is 5.53. The minimum atomic E-state index is -0.482. The number of nitrogens with one attached hydrogen (secondary N) is 1. The van der Waals surface area contributed by atoms with Crippen molar-refractivity contribution in [1.29, 1.82) is 0 Å². The zero-order valence-electron chi connectivity index (χ0n) is 18.7. The van der Waals surface area contributed by atoms with Crippen LogP contribution in [-0.4, -0.2) is 24.9 Å². The Morgan fingerprint density at radius 3 is 2.63 bits per heavy atom. The molecule has 162 valence electrons. The first-order valence-corrected chi connectivity index (χ1v) is 11.0. The molecule has 0 aliphatic carbocycles. The molecule has 1 aliphatic heterocycles. The van der Waals surface area contributed by atoms with Crippen molar-refractivity contribution in [1.82, 2.24) is 0 Å². The van der Waals surface area contributed by atoms with Crippen LogP contribution in [0.4, 0.5) is 5.69 Å². The molecular formula is C26H35NO3. The van der Waals surface area contributed by atoms with Gasteiger partial charge in [-0.05, 0) is 51.0 Å². The summed E-state index contributed by atoms with van der Waals surface area (Å²) in [4.78, 5) is 0. The second kappa shape index (κ2) is 10.6. The second-order valence-corrected chi connectivity index (χ2v) is 8.27. The molecule has 2 unspecified atom stereocenters. The van der Waals surface area contributed by atoms with Gasteiger partial charge in [-0.3, -0.25) is 0 Å². The van der Waals surface area contributed by atoms with Gasteiger partial charge in [0.15, 0.2) is 0 Å². The van der Waals surface area contributed by atoms with Crippen molar-refractivity contribution in [2.75, 3.05) is 18.5 Å². The van der Waals surface area contributed by atoms with Crippen molar-refractivity contribution in [3.63, 3.8) is 0 Å². The van der Waals surface area contributed by atoms with Gasteiger partial charge in [0.25, 0.3) is 0 Å². The van der Waals surface area contributed by atoms with E-state index in [1.807, 2.05) is 31.2 Å². The van der Waals surface area contributed by atoms with Gasteiger partial charge < -0.3 is 19.5 Å². The molecule has 0 saturated carbocycles. The average Bonchev–Trinajstić information content (AvgIpc) is 2.74. The van der Waals surface area contributed by atoms with E-state index in [-0.39, 0.29) is 12.2 Å². The SMILES string of the molecule is CC=CCOC1C(OCCCC)c2cc(NCc3ccccc3)ccc2OC1(C)C. The van der Waals surface area contributed by atoms with Crippen LogP contribution < -0.4 is 10.1 Å². The Balaban J connectivity index is 1.84. The minimum absolute atomic E-state index is 0.168. The Morgan fingerprint density at radius 2 is 1.90 bits per heavy atom. The summed E-state index contributed by atoms with van der Waals surface area (Å²) in [6, 6.07) is 16.7. The number of fused-ring (bicyclic) bond motifs is 1. The van der Waals surface area contributed by atoms with Gasteiger partial charge in [0.2, 0.25) is 0 Å². The Kier molecular flexibility index (Phi) is 7.94. The maximum absolute atomic E-state index is 6.39. The fraction of sp³-hybridized carbons (Fsp3) is 0.462. The van der Waals surface area contributed by atoms with Gasteiger partial charge in [-0.2, -0.15) is 0 Å². The minimum Gasteiger partial charge on any atom is -0.485 e. The molecule has 1 aliphatic rings. The topological polar surface area (TPSA) is 39.7 Å². The summed E-state index contributed by atoms with van der Waals surface area (Å²) in [7, 11) is 0. The van der Waals surface area contributed by atoms with Crippen molar-refractivity contribution < 1.29 is 14.2 Å². The van der Waals surface area contributed by atoms with E-state index in [1.165, 1.54) is 5.56 Å². The smallest absolute Gasteiger partial charge is 0.132 e. The van der Waals surface area contributed by atoms with Gasteiger partial charge in [-0.15, -0.1) is 0 Å². The lowest BCUT2D eigenvalue weighted by Gasteiger charge is -2.44. The van der Waals surface area contributed by atoms with Crippen LogP contribution in [0.1, 0.15) is 57.8 Å². The highest BCUT2D eigenvalue weighted by Crippen LogP contribution is 2.44. The van der Waals surface area contributed by atoms with Crippen LogP contribution in [0.15, 0.2) is 60.7 Å². The van der Waals surface area contributed by atoms with Crippen LogP contribution in [0, 0.1) is 0 Å². The Labute approximate surface area is 181 Å². The molecular weight excluding hydrogens is 374 g/mol. The number of allylic oxidation sites excluding steroid dienone is 1. The Morgan fingerprint density at radius 1 is 1.10 bits per heavy atom.